The third-order valence-corrected chi connectivity index (χ3v) is 4.77. The normalized spacial score (nSPS) is 18.9. The molecule has 1 aromatic carbocycles. The van der Waals surface area contributed by atoms with Gasteiger partial charge >= 0.3 is 0 Å². The van der Waals surface area contributed by atoms with E-state index in [1.54, 1.807) is 7.11 Å². The summed E-state index contributed by atoms with van der Waals surface area (Å²) in [5, 5.41) is 1.38. The summed E-state index contributed by atoms with van der Waals surface area (Å²) in [5.41, 5.74) is 3.79. The molecule has 1 aromatic rings. The van der Waals surface area contributed by atoms with Gasteiger partial charge in [0.05, 0.1) is 5.60 Å². The molecule has 0 spiro atoms. The Bertz CT molecular complexity index is 410. The Balaban J connectivity index is 2.07. The Morgan fingerprint density at radius 1 is 1.37 bits per heavy atom. The van der Waals surface area contributed by atoms with Crippen LogP contribution in [-0.2, 0) is 11.2 Å². The van der Waals surface area contributed by atoms with Crippen LogP contribution in [0.2, 0.25) is 10.0 Å². The maximum absolute atomic E-state index is 6.20. The second-order valence-electron chi connectivity index (χ2n) is 5.21. The van der Waals surface area contributed by atoms with Gasteiger partial charge in [-0.2, -0.15) is 0 Å². The van der Waals surface area contributed by atoms with Crippen molar-refractivity contribution in [1.29, 1.82) is 0 Å². The number of hydrazine groups is 1. The van der Waals surface area contributed by atoms with Crippen molar-refractivity contribution in [2.24, 2.45) is 5.84 Å². The smallest absolute Gasteiger partial charge is 0.0694 e. The highest BCUT2D eigenvalue weighted by Gasteiger charge is 2.39. The van der Waals surface area contributed by atoms with Gasteiger partial charge in [0.15, 0.2) is 0 Å². The van der Waals surface area contributed by atoms with Gasteiger partial charge in [-0.25, -0.2) is 0 Å². The van der Waals surface area contributed by atoms with Gasteiger partial charge in [-0.15, -0.1) is 0 Å². The van der Waals surface area contributed by atoms with Crippen LogP contribution >= 0.6 is 23.2 Å². The lowest BCUT2D eigenvalue weighted by molar-refractivity contribution is -0.0834. The minimum absolute atomic E-state index is 0.0230. The summed E-state index contributed by atoms with van der Waals surface area (Å²) < 4.78 is 5.64. The second-order valence-corrected chi connectivity index (χ2v) is 6.03. The lowest BCUT2D eigenvalue weighted by Crippen LogP contribution is -2.48. The zero-order valence-electron chi connectivity index (χ0n) is 11.1. The number of ether oxygens (including phenoxy) is 1. The van der Waals surface area contributed by atoms with E-state index in [-0.39, 0.29) is 11.6 Å². The third kappa shape index (κ3) is 3.41. The van der Waals surface area contributed by atoms with Crippen LogP contribution in [-0.4, -0.2) is 18.8 Å². The fourth-order valence-corrected chi connectivity index (χ4v) is 3.23. The summed E-state index contributed by atoms with van der Waals surface area (Å²) in [5.74, 6) is 5.67. The number of hydrogen-bond donors (Lipinski definition) is 2. The Labute approximate surface area is 124 Å². The van der Waals surface area contributed by atoms with Gasteiger partial charge in [0, 0.05) is 23.2 Å². The predicted molar refractivity (Wildman–Crippen MR) is 79.5 cm³/mol. The number of methoxy groups -OCH3 is 1. The summed E-state index contributed by atoms with van der Waals surface area (Å²) in [6.07, 6.45) is 5.00. The Kier molecular flexibility index (Phi) is 5.09. The van der Waals surface area contributed by atoms with Crippen molar-refractivity contribution < 1.29 is 4.74 Å². The van der Waals surface area contributed by atoms with E-state index in [0.29, 0.717) is 16.5 Å². The summed E-state index contributed by atoms with van der Waals surface area (Å²) >= 11 is 12.4. The highest BCUT2D eigenvalue weighted by molar-refractivity contribution is 6.36. The van der Waals surface area contributed by atoms with Crippen LogP contribution in [0.5, 0.6) is 0 Å². The summed E-state index contributed by atoms with van der Waals surface area (Å²) in [4.78, 5) is 0. The molecule has 0 bridgehead atoms. The fraction of sp³-hybridized carbons (Fsp3) is 0.571. The maximum atomic E-state index is 6.20. The standard InChI is InChI=1S/C14H20Cl2N2O/c1-19-14(6-3-7-14)9-10(18-17)8-11-12(15)4-2-5-13(11)16/h2,4-5,10,18H,3,6-9,17H2,1H3. The highest BCUT2D eigenvalue weighted by Crippen LogP contribution is 2.39. The van der Waals surface area contributed by atoms with Crippen molar-refractivity contribution in [2.75, 3.05) is 7.11 Å². The van der Waals surface area contributed by atoms with E-state index in [2.05, 4.69) is 5.43 Å². The predicted octanol–water partition coefficient (Wildman–Crippen LogP) is 3.33. The molecule has 0 amide bonds. The van der Waals surface area contributed by atoms with Crippen LogP contribution in [0, 0.1) is 0 Å². The molecular weight excluding hydrogens is 283 g/mol. The van der Waals surface area contributed by atoms with Gasteiger partial charge in [0.2, 0.25) is 0 Å². The molecule has 19 heavy (non-hydrogen) atoms. The topological polar surface area (TPSA) is 47.3 Å². The molecule has 1 saturated carbocycles. The number of halogens is 2. The molecule has 1 fully saturated rings. The molecule has 0 aromatic heterocycles. The molecule has 1 aliphatic carbocycles. The van der Waals surface area contributed by atoms with Crippen LogP contribution < -0.4 is 11.3 Å². The van der Waals surface area contributed by atoms with Crippen LogP contribution in [0.25, 0.3) is 0 Å². The molecule has 1 aliphatic rings. The second kappa shape index (κ2) is 6.42. The molecule has 1 atom stereocenters. The van der Waals surface area contributed by atoms with Gasteiger partial charge in [-0.05, 0) is 49.8 Å². The van der Waals surface area contributed by atoms with Crippen LogP contribution in [0.1, 0.15) is 31.2 Å². The van der Waals surface area contributed by atoms with E-state index in [9.17, 15) is 0 Å². The molecule has 0 saturated heterocycles. The lowest BCUT2D eigenvalue weighted by atomic mass is 9.75. The van der Waals surface area contributed by atoms with Crippen LogP contribution in [0.4, 0.5) is 0 Å². The minimum Gasteiger partial charge on any atom is -0.378 e. The molecule has 1 unspecified atom stereocenters. The minimum atomic E-state index is -0.0230. The van der Waals surface area contributed by atoms with Crippen molar-refractivity contribution in [2.45, 2.75) is 43.7 Å². The van der Waals surface area contributed by atoms with E-state index in [1.165, 1.54) is 6.42 Å². The Morgan fingerprint density at radius 3 is 2.42 bits per heavy atom. The zero-order chi connectivity index (χ0) is 13.9. The molecule has 0 heterocycles. The first-order valence-electron chi connectivity index (χ1n) is 6.54. The van der Waals surface area contributed by atoms with E-state index in [4.69, 9.17) is 33.8 Å². The van der Waals surface area contributed by atoms with Crippen molar-refractivity contribution in [3.05, 3.63) is 33.8 Å². The number of nitrogens with one attached hydrogen (secondary N) is 1. The molecule has 3 N–H and O–H groups in total. The molecule has 106 valence electrons. The number of rotatable bonds is 6. The van der Waals surface area contributed by atoms with E-state index < -0.39 is 0 Å². The van der Waals surface area contributed by atoms with Gasteiger partial charge < -0.3 is 4.74 Å². The van der Waals surface area contributed by atoms with Gasteiger partial charge in [0.25, 0.3) is 0 Å². The third-order valence-electron chi connectivity index (χ3n) is 4.06. The van der Waals surface area contributed by atoms with E-state index >= 15 is 0 Å². The summed E-state index contributed by atoms with van der Waals surface area (Å²) in [6.45, 7) is 0. The summed E-state index contributed by atoms with van der Waals surface area (Å²) in [6, 6.07) is 5.66. The van der Waals surface area contributed by atoms with Crippen LogP contribution in [0.3, 0.4) is 0 Å². The van der Waals surface area contributed by atoms with Gasteiger partial charge in [-0.3, -0.25) is 11.3 Å². The zero-order valence-corrected chi connectivity index (χ0v) is 12.6. The first kappa shape index (κ1) is 15.1. The summed E-state index contributed by atoms with van der Waals surface area (Å²) in [7, 11) is 1.77. The SMILES string of the molecule is COC1(CC(Cc2c(Cl)cccc2Cl)NN)CCC1. The highest BCUT2D eigenvalue weighted by atomic mass is 35.5. The number of nitrogens with two attached hydrogens (primary N) is 1. The van der Waals surface area contributed by atoms with Gasteiger partial charge in [0.1, 0.15) is 0 Å². The van der Waals surface area contributed by atoms with Crippen molar-refractivity contribution >= 4 is 23.2 Å². The molecule has 3 nitrogen and oxygen atoms in total. The Morgan fingerprint density at radius 2 is 2.00 bits per heavy atom. The first-order valence-corrected chi connectivity index (χ1v) is 7.30. The molecule has 0 aliphatic heterocycles. The fourth-order valence-electron chi connectivity index (χ4n) is 2.68. The molecule has 2 rings (SSSR count). The first-order chi connectivity index (χ1) is 9.10. The number of benzene rings is 1. The quantitative estimate of drug-likeness (QED) is 0.626. The largest absolute Gasteiger partial charge is 0.378 e. The average Bonchev–Trinajstić information content (AvgIpc) is 2.36. The average molecular weight is 303 g/mol. The van der Waals surface area contributed by atoms with E-state index in [1.807, 2.05) is 18.2 Å². The Hall–Kier alpha value is -0.320. The van der Waals surface area contributed by atoms with Crippen molar-refractivity contribution in [1.82, 2.24) is 5.43 Å². The molecular formula is C14H20Cl2N2O. The van der Waals surface area contributed by atoms with Gasteiger partial charge in [-0.1, -0.05) is 29.3 Å². The lowest BCUT2D eigenvalue weighted by Gasteiger charge is -2.42. The molecule has 5 heteroatoms. The monoisotopic (exact) mass is 302 g/mol. The number of hydrogen-bond acceptors (Lipinski definition) is 3. The van der Waals surface area contributed by atoms with Crippen LogP contribution in [0.15, 0.2) is 18.2 Å². The van der Waals surface area contributed by atoms with Crippen molar-refractivity contribution in [3.8, 4) is 0 Å². The molecule has 0 radical (unpaired) electrons. The maximum Gasteiger partial charge on any atom is 0.0694 e. The van der Waals surface area contributed by atoms with Crippen molar-refractivity contribution in [3.63, 3.8) is 0 Å². The van der Waals surface area contributed by atoms with E-state index in [0.717, 1.165) is 24.8 Å².